The minimum atomic E-state index is -1.32. The fraction of sp³-hybridized carbons (Fsp3) is 0.167. The number of fused-ring (bicyclic) bond motifs is 2. The average Bonchev–Trinajstić information content (AvgIpc) is 3.32. The van der Waals surface area contributed by atoms with Crippen LogP contribution in [0.1, 0.15) is 32.7 Å². The smallest absolute Gasteiger partial charge is 0.341 e. The lowest BCUT2D eigenvalue weighted by molar-refractivity contribution is -0.180. The van der Waals surface area contributed by atoms with Crippen LogP contribution < -0.4 is 9.80 Å². The molecule has 6 nitrogen and oxygen atoms in total. The third kappa shape index (κ3) is 2.84. The Morgan fingerprint density at radius 1 is 1.00 bits per heavy atom. The van der Waals surface area contributed by atoms with Gasteiger partial charge in [0.05, 0.1) is 24.8 Å². The topological polar surface area (TPSA) is 65.1 Å². The Morgan fingerprint density at radius 3 is 2.43 bits per heavy atom. The number of carbonyl (C=O) groups excluding carboxylic acids is 2. The van der Waals surface area contributed by atoms with E-state index in [1.165, 1.54) is 0 Å². The lowest BCUT2D eigenvalue weighted by Gasteiger charge is -2.25. The van der Waals surface area contributed by atoms with Crippen molar-refractivity contribution in [2.45, 2.75) is 18.2 Å². The number of Topliss-reactive ketones (excluding diaryl/α,β-unsaturated/α-hetero) is 1. The molecule has 1 fully saturated rings. The lowest BCUT2D eigenvalue weighted by atomic mass is 9.93. The molecule has 5 rings (SSSR count). The zero-order valence-electron chi connectivity index (χ0n) is 16.3. The molecule has 0 N–H and O–H groups in total. The molecule has 1 saturated heterocycles. The van der Waals surface area contributed by atoms with Gasteiger partial charge in [0, 0.05) is 11.1 Å². The molecule has 0 aromatic heterocycles. The summed E-state index contributed by atoms with van der Waals surface area (Å²) in [6, 6.07) is 22.7. The first-order chi connectivity index (χ1) is 14.6. The first-order valence-corrected chi connectivity index (χ1v) is 9.66. The van der Waals surface area contributed by atoms with E-state index >= 15 is 0 Å². The predicted octanol–water partition coefficient (Wildman–Crippen LogP) is 4.11. The van der Waals surface area contributed by atoms with Gasteiger partial charge in [-0.2, -0.15) is 0 Å². The minimum Gasteiger partial charge on any atom is -0.497 e. The average molecular weight is 401 g/mol. The van der Waals surface area contributed by atoms with Crippen LogP contribution in [0.5, 0.6) is 5.75 Å². The van der Waals surface area contributed by atoms with Crippen molar-refractivity contribution in [2.75, 3.05) is 12.2 Å². The Kier molecular flexibility index (Phi) is 4.29. The summed E-state index contributed by atoms with van der Waals surface area (Å²) in [6.45, 7) is 0. The number of methoxy groups -OCH3 is 1. The maximum Gasteiger partial charge on any atom is 0.341 e. The second-order valence-electron chi connectivity index (χ2n) is 7.25. The Balaban J connectivity index is 1.56. The molecule has 0 aliphatic carbocycles. The first-order valence-electron chi connectivity index (χ1n) is 9.66. The minimum absolute atomic E-state index is 0.126. The quantitative estimate of drug-likeness (QED) is 0.484. The van der Waals surface area contributed by atoms with E-state index in [1.807, 2.05) is 42.5 Å². The van der Waals surface area contributed by atoms with Crippen LogP contribution in [0.15, 0.2) is 78.9 Å². The zero-order valence-corrected chi connectivity index (χ0v) is 16.3. The summed E-state index contributed by atoms with van der Waals surface area (Å²) in [7, 11) is 1.58. The van der Waals surface area contributed by atoms with E-state index in [4.69, 9.17) is 14.3 Å². The molecule has 150 valence electrons. The molecule has 3 aromatic rings. The van der Waals surface area contributed by atoms with Crippen LogP contribution in [-0.2, 0) is 15.4 Å². The predicted molar refractivity (Wildman–Crippen MR) is 109 cm³/mol. The van der Waals surface area contributed by atoms with Crippen LogP contribution in [0.3, 0.4) is 0 Å². The molecule has 2 aliphatic rings. The highest BCUT2D eigenvalue weighted by atomic mass is 16.8. The number of nitrogens with zero attached hydrogens (tertiary/aromatic N) is 1. The van der Waals surface area contributed by atoms with Gasteiger partial charge in [-0.15, -0.1) is 0 Å². The fourth-order valence-electron chi connectivity index (χ4n) is 4.02. The van der Waals surface area contributed by atoms with Gasteiger partial charge in [-0.3, -0.25) is 4.79 Å². The number of carbonyl (C=O) groups is 2. The molecule has 3 aromatic carbocycles. The van der Waals surface area contributed by atoms with Gasteiger partial charge in [-0.1, -0.05) is 36.4 Å². The maximum absolute atomic E-state index is 13.5. The van der Waals surface area contributed by atoms with Crippen molar-refractivity contribution in [3.63, 3.8) is 0 Å². The first kappa shape index (κ1) is 18.4. The SMILES string of the molecule is COc1ccc(C(=O)[C@H]2C[C@]3(OC(=O)c4ccccc43)ON2c2ccccc2)cc1. The highest BCUT2D eigenvalue weighted by molar-refractivity contribution is 6.02. The molecule has 0 saturated carbocycles. The van der Waals surface area contributed by atoms with Gasteiger partial charge < -0.3 is 9.47 Å². The molecule has 0 unspecified atom stereocenters. The van der Waals surface area contributed by atoms with Crippen LogP contribution in [0, 0.1) is 0 Å². The fourth-order valence-corrected chi connectivity index (χ4v) is 4.02. The van der Waals surface area contributed by atoms with Crippen LogP contribution in [0.25, 0.3) is 0 Å². The number of hydrogen-bond donors (Lipinski definition) is 0. The van der Waals surface area contributed by atoms with Gasteiger partial charge in [0.1, 0.15) is 11.8 Å². The van der Waals surface area contributed by atoms with E-state index in [1.54, 1.807) is 48.6 Å². The van der Waals surface area contributed by atoms with E-state index in [2.05, 4.69) is 0 Å². The van der Waals surface area contributed by atoms with Gasteiger partial charge in [-0.25, -0.2) is 14.7 Å². The second kappa shape index (κ2) is 7.00. The van der Waals surface area contributed by atoms with E-state index in [0.29, 0.717) is 28.1 Å². The Hall–Kier alpha value is -3.64. The number of hydroxylamine groups is 1. The molecular weight excluding hydrogens is 382 g/mol. The number of para-hydroxylation sites is 1. The summed E-state index contributed by atoms with van der Waals surface area (Å²) in [5.74, 6) is -1.23. The number of ketones is 1. The zero-order chi connectivity index (χ0) is 20.7. The highest BCUT2D eigenvalue weighted by Gasteiger charge is 2.57. The van der Waals surface area contributed by atoms with E-state index in [0.717, 1.165) is 0 Å². The van der Waals surface area contributed by atoms with Crippen LogP contribution in [-0.4, -0.2) is 24.9 Å². The molecule has 6 heteroatoms. The Morgan fingerprint density at radius 2 is 1.70 bits per heavy atom. The van der Waals surface area contributed by atoms with Crippen molar-refractivity contribution in [3.05, 3.63) is 95.6 Å². The van der Waals surface area contributed by atoms with Crippen LogP contribution in [0.4, 0.5) is 5.69 Å². The van der Waals surface area contributed by atoms with Crippen LogP contribution >= 0.6 is 0 Å². The van der Waals surface area contributed by atoms with Crippen molar-refractivity contribution in [2.24, 2.45) is 0 Å². The third-order valence-electron chi connectivity index (χ3n) is 5.49. The molecule has 0 amide bonds. The van der Waals surface area contributed by atoms with Gasteiger partial charge in [-0.05, 0) is 42.5 Å². The largest absolute Gasteiger partial charge is 0.497 e. The van der Waals surface area contributed by atoms with Crippen LogP contribution in [0.2, 0.25) is 0 Å². The summed E-state index contributed by atoms with van der Waals surface area (Å²) in [5.41, 5.74) is 2.34. The van der Waals surface area contributed by atoms with Crippen molar-refractivity contribution in [3.8, 4) is 5.75 Å². The lowest BCUT2D eigenvalue weighted by Crippen LogP contribution is -2.35. The summed E-state index contributed by atoms with van der Waals surface area (Å²) in [4.78, 5) is 32.2. The summed E-state index contributed by atoms with van der Waals surface area (Å²) in [6.07, 6.45) is 0.190. The van der Waals surface area contributed by atoms with Gasteiger partial charge in [0.2, 0.25) is 0 Å². The normalized spacial score (nSPS) is 22.1. The molecule has 0 radical (unpaired) electrons. The standard InChI is InChI=1S/C24H19NO5/c1-28-18-13-11-16(12-14-18)22(26)21-15-24(30-25(21)17-7-3-2-4-8-17)20-10-6-5-9-19(20)23(27)29-24/h2-14,21H,15H2,1H3/t21-,24+/m1/s1. The van der Waals surface area contributed by atoms with E-state index < -0.39 is 17.8 Å². The molecule has 0 bridgehead atoms. The van der Waals surface area contributed by atoms with E-state index in [9.17, 15) is 9.59 Å². The Labute approximate surface area is 173 Å². The van der Waals surface area contributed by atoms with Gasteiger partial charge >= 0.3 is 5.97 Å². The van der Waals surface area contributed by atoms with Crippen molar-refractivity contribution < 1.29 is 23.9 Å². The second-order valence-corrected chi connectivity index (χ2v) is 7.25. The molecular formula is C24H19NO5. The molecule has 1 spiro atoms. The molecule has 30 heavy (non-hydrogen) atoms. The van der Waals surface area contributed by atoms with Gasteiger partial charge in [0.25, 0.3) is 5.79 Å². The summed E-state index contributed by atoms with van der Waals surface area (Å²) in [5, 5.41) is 1.56. The van der Waals surface area contributed by atoms with Crippen molar-refractivity contribution in [1.29, 1.82) is 0 Å². The number of anilines is 1. The number of ether oxygens (including phenoxy) is 2. The molecule has 2 heterocycles. The summed E-state index contributed by atoms with van der Waals surface area (Å²) < 4.78 is 10.9. The number of rotatable bonds is 4. The van der Waals surface area contributed by atoms with Crippen molar-refractivity contribution in [1.82, 2.24) is 0 Å². The number of hydrogen-bond acceptors (Lipinski definition) is 6. The monoisotopic (exact) mass is 401 g/mol. The number of benzene rings is 3. The highest BCUT2D eigenvalue weighted by Crippen LogP contribution is 2.48. The molecule has 2 aliphatic heterocycles. The number of esters is 1. The Bertz CT molecular complexity index is 1110. The van der Waals surface area contributed by atoms with E-state index in [-0.39, 0.29) is 12.2 Å². The van der Waals surface area contributed by atoms with Crippen molar-refractivity contribution >= 4 is 17.4 Å². The van der Waals surface area contributed by atoms with Gasteiger partial charge in [0.15, 0.2) is 5.78 Å². The summed E-state index contributed by atoms with van der Waals surface area (Å²) >= 11 is 0. The molecule has 2 atom stereocenters. The maximum atomic E-state index is 13.5. The third-order valence-corrected chi connectivity index (χ3v) is 5.49.